The lowest BCUT2D eigenvalue weighted by Crippen LogP contribution is -2.41. The fourth-order valence-corrected chi connectivity index (χ4v) is 4.88. The normalized spacial score (nSPS) is 17.4. The van der Waals surface area contributed by atoms with Crippen molar-refractivity contribution in [3.05, 3.63) is 64.4 Å². The first-order valence-corrected chi connectivity index (χ1v) is 11.9. The summed E-state index contributed by atoms with van der Waals surface area (Å²) in [6, 6.07) is 13.0. The average molecular weight is 472 g/mol. The molecule has 0 bridgehead atoms. The van der Waals surface area contributed by atoms with Gasteiger partial charge in [-0.2, -0.15) is 0 Å². The molecule has 1 aliphatic rings. The fourth-order valence-electron chi connectivity index (χ4n) is 3.61. The number of halogens is 1. The number of nitrogens with one attached hydrogen (secondary N) is 2. The lowest BCUT2D eigenvalue weighted by Gasteiger charge is -2.33. The summed E-state index contributed by atoms with van der Waals surface area (Å²) in [6.45, 7) is 6.60. The van der Waals surface area contributed by atoms with Gasteiger partial charge in [-0.25, -0.2) is 4.68 Å². The summed E-state index contributed by atoms with van der Waals surface area (Å²) in [6.07, 6.45) is 1.76. The molecule has 0 saturated heterocycles. The van der Waals surface area contributed by atoms with Crippen LogP contribution >= 0.6 is 23.4 Å². The Labute approximate surface area is 196 Å². The van der Waals surface area contributed by atoms with Crippen molar-refractivity contribution in [1.82, 2.24) is 14.9 Å². The van der Waals surface area contributed by atoms with E-state index < -0.39 is 5.25 Å². The minimum Gasteiger partial charge on any atom is -0.494 e. The van der Waals surface area contributed by atoms with E-state index in [4.69, 9.17) is 16.3 Å². The number of rotatable bonds is 7. The number of anilines is 1. The van der Waals surface area contributed by atoms with Gasteiger partial charge in [-0.15, -0.1) is 10.2 Å². The maximum atomic E-state index is 13.4. The Morgan fingerprint density at radius 3 is 2.72 bits per heavy atom. The number of fused-ring (bicyclic) bond motifs is 1. The Balaban J connectivity index is 1.66. The summed E-state index contributed by atoms with van der Waals surface area (Å²) in [7, 11) is 0. The highest BCUT2D eigenvalue weighted by Gasteiger charge is 2.38. The molecular formula is C23H26ClN5O2S. The molecule has 1 amide bonds. The molecule has 3 aromatic rings. The lowest BCUT2D eigenvalue weighted by molar-refractivity contribution is -0.116. The molecule has 4 rings (SSSR count). The van der Waals surface area contributed by atoms with E-state index >= 15 is 0 Å². The number of carbonyl (C=O) groups is 1. The first-order valence-electron chi connectivity index (χ1n) is 10.7. The van der Waals surface area contributed by atoms with Crippen molar-refractivity contribution < 1.29 is 9.53 Å². The Kier molecular flexibility index (Phi) is 6.91. The van der Waals surface area contributed by atoms with Gasteiger partial charge < -0.3 is 15.5 Å². The van der Waals surface area contributed by atoms with Gasteiger partial charge in [0.1, 0.15) is 11.0 Å². The maximum Gasteiger partial charge on any atom is 0.240 e. The second-order valence-corrected chi connectivity index (χ2v) is 9.13. The predicted octanol–water partition coefficient (Wildman–Crippen LogP) is 4.99. The van der Waals surface area contributed by atoms with Crippen LogP contribution in [0.4, 0.5) is 5.69 Å². The van der Waals surface area contributed by atoms with Crippen LogP contribution in [-0.2, 0) is 11.2 Å². The van der Waals surface area contributed by atoms with E-state index in [-0.39, 0.29) is 11.9 Å². The van der Waals surface area contributed by atoms with Crippen LogP contribution in [0.25, 0.3) is 0 Å². The summed E-state index contributed by atoms with van der Waals surface area (Å²) in [5, 5.41) is 12.5. The first kappa shape index (κ1) is 22.5. The molecule has 9 heteroatoms. The quantitative estimate of drug-likeness (QED) is 0.505. The fraction of sp³-hybridized carbons (Fsp3) is 0.348. The van der Waals surface area contributed by atoms with Crippen molar-refractivity contribution in [3.8, 4) is 5.75 Å². The number of ether oxygens (including phenoxy) is 1. The van der Waals surface area contributed by atoms with Gasteiger partial charge in [0.25, 0.3) is 0 Å². The van der Waals surface area contributed by atoms with E-state index in [0.717, 1.165) is 35.5 Å². The zero-order valence-corrected chi connectivity index (χ0v) is 19.8. The van der Waals surface area contributed by atoms with Crippen LogP contribution in [0.2, 0.25) is 5.02 Å². The minimum atomic E-state index is -0.461. The number of amides is 1. The summed E-state index contributed by atoms with van der Waals surface area (Å²) in [5.41, 5.74) is 6.11. The molecule has 2 unspecified atom stereocenters. The molecule has 2 aromatic carbocycles. The molecule has 32 heavy (non-hydrogen) atoms. The Morgan fingerprint density at radius 2 is 2.00 bits per heavy atom. The number of hydrogen-bond donors (Lipinski definition) is 2. The Hall–Kier alpha value is -2.71. The van der Waals surface area contributed by atoms with Crippen LogP contribution in [0.3, 0.4) is 0 Å². The number of aromatic nitrogens is 3. The van der Waals surface area contributed by atoms with E-state index in [2.05, 4.69) is 27.9 Å². The van der Waals surface area contributed by atoms with Crippen LogP contribution in [-0.4, -0.2) is 32.6 Å². The van der Waals surface area contributed by atoms with E-state index in [1.54, 1.807) is 6.07 Å². The summed E-state index contributed by atoms with van der Waals surface area (Å²) in [5.74, 6) is 1.53. The van der Waals surface area contributed by atoms with Crippen molar-refractivity contribution in [2.45, 2.75) is 50.1 Å². The molecule has 1 aromatic heterocycles. The van der Waals surface area contributed by atoms with Gasteiger partial charge in [0, 0.05) is 17.1 Å². The van der Waals surface area contributed by atoms with Crippen molar-refractivity contribution in [2.24, 2.45) is 0 Å². The number of nitrogens with zero attached hydrogens (tertiary/aromatic N) is 3. The lowest BCUT2D eigenvalue weighted by atomic mass is 10.0. The van der Waals surface area contributed by atoms with E-state index in [9.17, 15) is 4.79 Å². The van der Waals surface area contributed by atoms with E-state index in [0.29, 0.717) is 22.5 Å². The highest BCUT2D eigenvalue weighted by molar-refractivity contribution is 8.00. The molecule has 0 spiro atoms. The van der Waals surface area contributed by atoms with Gasteiger partial charge in [0.15, 0.2) is 5.82 Å². The average Bonchev–Trinajstić information content (AvgIpc) is 3.18. The van der Waals surface area contributed by atoms with Gasteiger partial charge in [0.05, 0.1) is 12.6 Å². The third kappa shape index (κ3) is 4.71. The SMILES string of the molecule is CCCc1nnc2n1NC(c1ccc(OCC)cc1)C(C(=O)Nc1cc(Cl)ccc1C)S2. The molecule has 0 fully saturated rings. The van der Waals surface area contributed by atoms with Gasteiger partial charge in [-0.3, -0.25) is 4.79 Å². The van der Waals surface area contributed by atoms with Crippen LogP contribution in [0.15, 0.2) is 47.6 Å². The number of thioether (sulfide) groups is 1. The zero-order chi connectivity index (χ0) is 22.7. The smallest absolute Gasteiger partial charge is 0.240 e. The van der Waals surface area contributed by atoms with Gasteiger partial charge in [-0.05, 0) is 55.7 Å². The van der Waals surface area contributed by atoms with Gasteiger partial charge in [0.2, 0.25) is 11.1 Å². The molecule has 7 nitrogen and oxygen atoms in total. The zero-order valence-electron chi connectivity index (χ0n) is 18.3. The van der Waals surface area contributed by atoms with Crippen LogP contribution in [0.5, 0.6) is 5.75 Å². The number of carbonyl (C=O) groups excluding carboxylic acids is 1. The third-order valence-electron chi connectivity index (χ3n) is 5.24. The summed E-state index contributed by atoms with van der Waals surface area (Å²) < 4.78 is 7.48. The number of aryl methyl sites for hydroxylation is 2. The van der Waals surface area contributed by atoms with Gasteiger partial charge >= 0.3 is 0 Å². The summed E-state index contributed by atoms with van der Waals surface area (Å²) >= 11 is 7.56. The molecular weight excluding hydrogens is 446 g/mol. The molecule has 0 saturated carbocycles. The maximum absolute atomic E-state index is 13.4. The molecule has 0 aliphatic carbocycles. The largest absolute Gasteiger partial charge is 0.494 e. The van der Waals surface area contributed by atoms with Crippen molar-refractivity contribution in [3.63, 3.8) is 0 Å². The molecule has 0 radical (unpaired) electrons. The number of benzene rings is 2. The molecule has 168 valence electrons. The van der Waals surface area contributed by atoms with Crippen molar-refractivity contribution in [1.29, 1.82) is 0 Å². The van der Waals surface area contributed by atoms with Crippen LogP contribution in [0, 0.1) is 6.92 Å². The predicted molar refractivity (Wildman–Crippen MR) is 128 cm³/mol. The first-order chi connectivity index (χ1) is 15.5. The Bertz CT molecular complexity index is 1100. The molecule has 2 atom stereocenters. The molecule has 2 heterocycles. The minimum absolute atomic E-state index is 0.127. The highest BCUT2D eigenvalue weighted by atomic mass is 35.5. The second-order valence-electron chi connectivity index (χ2n) is 7.58. The van der Waals surface area contributed by atoms with Crippen molar-refractivity contribution >= 4 is 35.0 Å². The Morgan fingerprint density at radius 1 is 1.22 bits per heavy atom. The monoisotopic (exact) mass is 471 g/mol. The van der Waals surface area contributed by atoms with Crippen molar-refractivity contribution in [2.75, 3.05) is 17.3 Å². The highest BCUT2D eigenvalue weighted by Crippen LogP contribution is 2.38. The van der Waals surface area contributed by atoms with E-state index in [1.807, 2.05) is 54.9 Å². The number of hydrogen-bond acceptors (Lipinski definition) is 6. The van der Waals surface area contributed by atoms with E-state index in [1.165, 1.54) is 11.8 Å². The molecule has 2 N–H and O–H groups in total. The van der Waals surface area contributed by atoms with Gasteiger partial charge in [-0.1, -0.05) is 48.5 Å². The third-order valence-corrected chi connectivity index (χ3v) is 6.69. The standard InChI is InChI=1S/C23H26ClN5O2S/c1-4-6-19-26-27-23-29(19)28-20(15-8-11-17(12-9-15)31-5-2)21(32-23)22(30)25-18-13-16(24)10-7-14(18)3/h7-13,20-21,28H,4-6H2,1-3H3,(H,25,30). The second kappa shape index (κ2) is 9.83. The molecule has 1 aliphatic heterocycles. The summed E-state index contributed by atoms with van der Waals surface area (Å²) in [4.78, 5) is 13.4. The van der Waals surface area contributed by atoms with Crippen LogP contribution in [0.1, 0.15) is 43.3 Å². The topological polar surface area (TPSA) is 81.1 Å². The van der Waals surface area contributed by atoms with Crippen LogP contribution < -0.4 is 15.5 Å².